The average molecular weight is 465 g/mol. The monoisotopic (exact) mass is 464 g/mol. The van der Waals surface area contributed by atoms with Crippen LogP contribution in [-0.4, -0.2) is 29.1 Å². The van der Waals surface area contributed by atoms with Crippen molar-refractivity contribution in [3.63, 3.8) is 0 Å². The number of nitrogens with one attached hydrogen (secondary N) is 2. The molecule has 1 fully saturated rings. The van der Waals surface area contributed by atoms with Crippen LogP contribution in [0, 0.1) is 12.8 Å². The average Bonchev–Trinajstić information content (AvgIpc) is 3.33. The molecule has 1 aliphatic heterocycles. The number of carbonyl (C=O) groups is 2. The van der Waals surface area contributed by atoms with E-state index >= 15 is 0 Å². The molecular formula is C25H28N4O3S. The van der Waals surface area contributed by atoms with Gasteiger partial charge in [-0.25, -0.2) is 9.78 Å². The molecule has 3 heterocycles. The largest absolute Gasteiger partial charge is 0.491 e. The highest BCUT2D eigenvalue weighted by Gasteiger charge is 2.34. The van der Waals surface area contributed by atoms with Crippen LogP contribution in [0.25, 0.3) is 10.2 Å². The van der Waals surface area contributed by atoms with E-state index in [4.69, 9.17) is 4.74 Å². The molecule has 2 N–H and O–H groups in total. The molecule has 3 aromatic rings. The molecule has 3 amide bonds. The van der Waals surface area contributed by atoms with E-state index in [1.54, 1.807) is 11.1 Å². The van der Waals surface area contributed by atoms with Gasteiger partial charge in [0.1, 0.15) is 15.5 Å². The fourth-order valence-electron chi connectivity index (χ4n) is 4.80. The molecule has 172 valence electrons. The van der Waals surface area contributed by atoms with Crippen molar-refractivity contribution < 1.29 is 14.3 Å². The van der Waals surface area contributed by atoms with Crippen molar-refractivity contribution in [2.45, 2.75) is 59.1 Å². The van der Waals surface area contributed by atoms with Crippen molar-refractivity contribution in [1.82, 2.24) is 10.3 Å². The minimum absolute atomic E-state index is 0.0681. The molecule has 7 nitrogen and oxygen atoms in total. The van der Waals surface area contributed by atoms with Crippen LogP contribution in [-0.2, 0) is 0 Å². The van der Waals surface area contributed by atoms with Gasteiger partial charge in [0.05, 0.1) is 28.6 Å². The number of rotatable bonds is 5. The number of carbonyl (C=O) groups excluding carboxylic acids is 2. The van der Waals surface area contributed by atoms with Crippen LogP contribution in [0.4, 0.5) is 21.9 Å². The summed E-state index contributed by atoms with van der Waals surface area (Å²) in [6, 6.07) is 7.41. The Morgan fingerprint density at radius 3 is 2.79 bits per heavy atom. The van der Waals surface area contributed by atoms with E-state index in [1.807, 2.05) is 45.0 Å². The maximum Gasteiger partial charge on any atom is 0.331 e. The van der Waals surface area contributed by atoms with E-state index in [-0.39, 0.29) is 24.1 Å². The van der Waals surface area contributed by atoms with Gasteiger partial charge in [-0.2, -0.15) is 0 Å². The second-order valence-electron chi connectivity index (χ2n) is 9.19. The summed E-state index contributed by atoms with van der Waals surface area (Å²) in [4.78, 5) is 33.9. The van der Waals surface area contributed by atoms with Crippen LogP contribution in [0.5, 0.6) is 5.75 Å². The predicted octanol–water partition coefficient (Wildman–Crippen LogP) is 5.99. The Morgan fingerprint density at radius 1 is 1.27 bits per heavy atom. The van der Waals surface area contributed by atoms with Gasteiger partial charge in [0.2, 0.25) is 0 Å². The Balaban J connectivity index is 1.54. The number of pyridine rings is 1. The van der Waals surface area contributed by atoms with Crippen LogP contribution in [0.15, 0.2) is 30.5 Å². The molecule has 1 saturated carbocycles. The number of benzene rings is 1. The lowest BCUT2D eigenvalue weighted by Gasteiger charge is -2.29. The number of nitrogens with zero attached hydrogens (tertiary/aromatic N) is 2. The molecule has 33 heavy (non-hydrogen) atoms. The number of aryl methyl sites for hydroxylation is 1. The fourth-order valence-corrected chi connectivity index (χ4v) is 5.82. The van der Waals surface area contributed by atoms with E-state index in [0.29, 0.717) is 16.5 Å². The van der Waals surface area contributed by atoms with Crippen LogP contribution in [0.3, 0.4) is 0 Å². The number of ether oxygens (including phenoxy) is 1. The summed E-state index contributed by atoms with van der Waals surface area (Å²) in [5.74, 6) is 1.08. The Hall–Kier alpha value is -3.13. The van der Waals surface area contributed by atoms with E-state index in [2.05, 4.69) is 22.5 Å². The molecular weight excluding hydrogens is 436 g/mol. The first kappa shape index (κ1) is 21.7. The number of hydrogen-bond acceptors (Lipinski definition) is 5. The number of thiophene rings is 1. The van der Waals surface area contributed by atoms with Gasteiger partial charge in [0.25, 0.3) is 5.91 Å². The Bertz CT molecular complexity index is 1250. The van der Waals surface area contributed by atoms with Gasteiger partial charge in [0.15, 0.2) is 0 Å². The van der Waals surface area contributed by atoms with Crippen LogP contribution in [0.1, 0.15) is 55.3 Å². The number of urea groups is 1. The third kappa shape index (κ3) is 3.82. The Morgan fingerprint density at radius 2 is 2.09 bits per heavy atom. The SMILES string of the molecule is Cc1cc(OC(C)C)ccc1N1C(=O)Nc2c(C(=O)N[C@@H]3CCC[C@@H]3C)sc3nccc1c23. The third-order valence-electron chi connectivity index (χ3n) is 6.41. The van der Waals surface area contributed by atoms with Crippen molar-refractivity contribution in [3.8, 4) is 5.75 Å². The van der Waals surface area contributed by atoms with E-state index in [1.165, 1.54) is 11.3 Å². The van der Waals surface area contributed by atoms with Crippen molar-refractivity contribution >= 4 is 50.6 Å². The van der Waals surface area contributed by atoms with Crippen LogP contribution in [0.2, 0.25) is 0 Å². The van der Waals surface area contributed by atoms with Crippen molar-refractivity contribution in [1.29, 1.82) is 0 Å². The van der Waals surface area contributed by atoms with Gasteiger partial charge >= 0.3 is 6.03 Å². The summed E-state index contributed by atoms with van der Waals surface area (Å²) in [5, 5.41) is 6.96. The molecule has 0 unspecified atom stereocenters. The van der Waals surface area contributed by atoms with Gasteiger partial charge in [0, 0.05) is 12.2 Å². The van der Waals surface area contributed by atoms with Gasteiger partial charge in [-0.05, 0) is 69.4 Å². The Labute approximate surface area is 197 Å². The van der Waals surface area contributed by atoms with Crippen LogP contribution < -0.4 is 20.3 Å². The van der Waals surface area contributed by atoms with Gasteiger partial charge in [-0.3, -0.25) is 9.69 Å². The maximum atomic E-state index is 13.3. The zero-order valence-corrected chi connectivity index (χ0v) is 20.1. The molecule has 0 bridgehead atoms. The molecule has 0 radical (unpaired) electrons. The molecule has 0 saturated heterocycles. The van der Waals surface area contributed by atoms with Gasteiger partial charge in [-0.15, -0.1) is 11.3 Å². The molecule has 2 aromatic heterocycles. The smallest absolute Gasteiger partial charge is 0.331 e. The normalized spacial score (nSPS) is 19.8. The lowest BCUT2D eigenvalue weighted by molar-refractivity contribution is 0.0934. The predicted molar refractivity (Wildman–Crippen MR) is 132 cm³/mol. The fraction of sp³-hybridized carbons (Fsp3) is 0.400. The molecule has 8 heteroatoms. The molecule has 1 aromatic carbocycles. The lowest BCUT2D eigenvalue weighted by atomic mass is 10.1. The second kappa shape index (κ2) is 8.33. The highest BCUT2D eigenvalue weighted by atomic mass is 32.1. The topological polar surface area (TPSA) is 83.6 Å². The van der Waals surface area contributed by atoms with Crippen molar-refractivity contribution in [2.75, 3.05) is 10.2 Å². The summed E-state index contributed by atoms with van der Waals surface area (Å²) in [6.07, 6.45) is 5.01. The zero-order chi connectivity index (χ0) is 23.3. The van der Waals surface area contributed by atoms with Crippen molar-refractivity contribution in [3.05, 3.63) is 40.9 Å². The summed E-state index contributed by atoms with van der Waals surface area (Å²) < 4.78 is 5.80. The second-order valence-corrected chi connectivity index (χ2v) is 10.2. The van der Waals surface area contributed by atoms with Gasteiger partial charge < -0.3 is 15.4 Å². The highest BCUT2D eigenvalue weighted by Crippen LogP contribution is 2.46. The minimum atomic E-state index is -0.294. The van der Waals surface area contributed by atoms with Crippen molar-refractivity contribution in [2.24, 2.45) is 5.92 Å². The molecule has 2 atom stereocenters. The first-order chi connectivity index (χ1) is 15.8. The van der Waals surface area contributed by atoms with E-state index < -0.39 is 0 Å². The molecule has 5 rings (SSSR count). The first-order valence-corrected chi connectivity index (χ1v) is 12.3. The summed E-state index contributed by atoms with van der Waals surface area (Å²) in [6.45, 7) is 8.09. The number of amides is 3. The summed E-state index contributed by atoms with van der Waals surface area (Å²) in [7, 11) is 0. The molecule has 1 aliphatic carbocycles. The molecule has 2 aliphatic rings. The van der Waals surface area contributed by atoms with E-state index in [0.717, 1.165) is 52.2 Å². The minimum Gasteiger partial charge on any atom is -0.491 e. The van der Waals surface area contributed by atoms with E-state index in [9.17, 15) is 9.59 Å². The Kier molecular flexibility index (Phi) is 5.48. The van der Waals surface area contributed by atoms with Gasteiger partial charge in [-0.1, -0.05) is 13.3 Å². The number of anilines is 3. The number of aromatic nitrogens is 1. The van der Waals surface area contributed by atoms with Crippen LogP contribution >= 0.6 is 11.3 Å². The third-order valence-corrected chi connectivity index (χ3v) is 7.51. The highest BCUT2D eigenvalue weighted by molar-refractivity contribution is 7.21. The first-order valence-electron chi connectivity index (χ1n) is 11.4. The summed E-state index contributed by atoms with van der Waals surface area (Å²) in [5.41, 5.74) is 2.96. The lowest BCUT2D eigenvalue weighted by Crippen LogP contribution is -2.38. The molecule has 0 spiro atoms. The standard InChI is InChI=1S/C25H28N4O3S/c1-13(2)32-16-8-9-18(15(4)12-16)29-19-10-11-26-24-20(19)21(28-25(29)31)22(33-24)23(30)27-17-7-5-6-14(17)3/h8-14,17H,5-7H2,1-4H3,(H,27,30)(H,28,31)/t14-,17+/m0/s1. The number of hydrogen-bond donors (Lipinski definition) is 2. The maximum absolute atomic E-state index is 13.3. The quantitative estimate of drug-likeness (QED) is 0.485. The zero-order valence-electron chi connectivity index (χ0n) is 19.3. The summed E-state index contributed by atoms with van der Waals surface area (Å²) >= 11 is 1.32.